The lowest BCUT2D eigenvalue weighted by atomic mass is 10.1. The van der Waals surface area contributed by atoms with Crippen LogP contribution in [0, 0.1) is 5.92 Å². The standard InChI is InChI=1S/C13H23NO6/c1-13(2,3)20-12(18)14-9(10(15)11(16)17)7-19-6-8-4-5-8/h8-10,15H,4-7H2,1-3H3,(H,14,18)(H,16,17)/t9-,10?/m0/s1. The molecule has 0 aliphatic heterocycles. The molecule has 0 radical (unpaired) electrons. The van der Waals surface area contributed by atoms with Crippen LogP contribution in [0.25, 0.3) is 0 Å². The minimum Gasteiger partial charge on any atom is -0.479 e. The molecule has 0 saturated heterocycles. The van der Waals surface area contributed by atoms with Gasteiger partial charge in [-0.05, 0) is 39.5 Å². The number of nitrogens with one attached hydrogen (secondary N) is 1. The van der Waals surface area contributed by atoms with Crippen LogP contribution in [0.5, 0.6) is 0 Å². The van der Waals surface area contributed by atoms with E-state index in [4.69, 9.17) is 14.6 Å². The van der Waals surface area contributed by atoms with E-state index in [1.807, 2.05) is 0 Å². The number of hydrogen-bond acceptors (Lipinski definition) is 5. The number of carboxylic acid groups (broad SMARTS) is 1. The summed E-state index contributed by atoms with van der Waals surface area (Å²) in [5.74, 6) is -0.903. The van der Waals surface area contributed by atoms with Crippen LogP contribution in [0.2, 0.25) is 0 Å². The second kappa shape index (κ2) is 6.90. The Balaban J connectivity index is 2.47. The molecule has 116 valence electrons. The van der Waals surface area contributed by atoms with Crippen LogP contribution in [-0.2, 0) is 14.3 Å². The molecule has 0 bridgehead atoms. The van der Waals surface area contributed by atoms with E-state index in [0.717, 1.165) is 12.8 Å². The summed E-state index contributed by atoms with van der Waals surface area (Å²) < 4.78 is 10.4. The number of carbonyl (C=O) groups is 2. The van der Waals surface area contributed by atoms with Crippen LogP contribution in [0.4, 0.5) is 4.79 Å². The summed E-state index contributed by atoms with van der Waals surface area (Å²) in [5.41, 5.74) is -0.697. The number of aliphatic hydroxyl groups is 1. The van der Waals surface area contributed by atoms with Gasteiger partial charge in [-0.1, -0.05) is 0 Å². The summed E-state index contributed by atoms with van der Waals surface area (Å²) >= 11 is 0. The fraction of sp³-hybridized carbons (Fsp3) is 0.846. The fourth-order valence-corrected chi connectivity index (χ4v) is 1.49. The topological polar surface area (TPSA) is 105 Å². The van der Waals surface area contributed by atoms with Crippen molar-refractivity contribution >= 4 is 12.1 Å². The van der Waals surface area contributed by atoms with E-state index in [0.29, 0.717) is 12.5 Å². The summed E-state index contributed by atoms with van der Waals surface area (Å²) in [5, 5.41) is 20.7. The molecule has 3 N–H and O–H groups in total. The first-order chi connectivity index (χ1) is 9.19. The van der Waals surface area contributed by atoms with Crippen molar-refractivity contribution in [1.29, 1.82) is 0 Å². The number of aliphatic hydroxyl groups excluding tert-OH is 1. The van der Waals surface area contributed by atoms with Gasteiger partial charge in [-0.3, -0.25) is 0 Å². The minimum atomic E-state index is -1.73. The number of carbonyl (C=O) groups excluding carboxylic acids is 1. The third-order valence-electron chi connectivity index (χ3n) is 2.68. The van der Waals surface area contributed by atoms with Crippen LogP contribution < -0.4 is 5.32 Å². The molecule has 0 aromatic heterocycles. The monoisotopic (exact) mass is 289 g/mol. The van der Waals surface area contributed by atoms with Crippen LogP contribution in [0.3, 0.4) is 0 Å². The molecular formula is C13H23NO6. The van der Waals surface area contributed by atoms with Gasteiger partial charge < -0.3 is 25.0 Å². The van der Waals surface area contributed by atoms with Gasteiger partial charge >= 0.3 is 12.1 Å². The average molecular weight is 289 g/mol. The van der Waals surface area contributed by atoms with Crippen molar-refractivity contribution in [3.05, 3.63) is 0 Å². The Morgan fingerprint density at radius 1 is 1.35 bits per heavy atom. The molecule has 2 atom stereocenters. The maximum Gasteiger partial charge on any atom is 0.408 e. The van der Waals surface area contributed by atoms with Crippen molar-refractivity contribution < 1.29 is 29.3 Å². The first kappa shape index (κ1) is 16.7. The maximum atomic E-state index is 11.6. The summed E-state index contributed by atoms with van der Waals surface area (Å²) in [7, 11) is 0. The molecule has 7 heteroatoms. The van der Waals surface area contributed by atoms with Gasteiger partial charge in [-0.25, -0.2) is 9.59 Å². The van der Waals surface area contributed by atoms with E-state index in [1.165, 1.54) is 0 Å². The zero-order chi connectivity index (χ0) is 15.3. The van der Waals surface area contributed by atoms with Gasteiger partial charge in [-0.2, -0.15) is 0 Å². The molecule has 1 saturated carbocycles. The Hall–Kier alpha value is -1.34. The lowest BCUT2D eigenvalue weighted by Crippen LogP contribution is -2.51. The van der Waals surface area contributed by atoms with E-state index in [1.54, 1.807) is 20.8 Å². The van der Waals surface area contributed by atoms with Crippen LogP contribution in [0.15, 0.2) is 0 Å². The molecule has 1 aliphatic rings. The van der Waals surface area contributed by atoms with Gasteiger partial charge in [0.1, 0.15) is 5.60 Å². The predicted molar refractivity (Wildman–Crippen MR) is 70.3 cm³/mol. The number of aliphatic carboxylic acids is 1. The van der Waals surface area contributed by atoms with Gasteiger partial charge in [-0.15, -0.1) is 0 Å². The summed E-state index contributed by atoms with van der Waals surface area (Å²) in [6.45, 7) is 5.53. The highest BCUT2D eigenvalue weighted by Gasteiger charge is 2.30. The lowest BCUT2D eigenvalue weighted by molar-refractivity contribution is -0.149. The highest BCUT2D eigenvalue weighted by atomic mass is 16.6. The minimum absolute atomic E-state index is 0.0663. The normalized spacial score (nSPS) is 18.2. The Bertz CT molecular complexity index is 347. The van der Waals surface area contributed by atoms with E-state index < -0.39 is 29.8 Å². The highest BCUT2D eigenvalue weighted by molar-refractivity contribution is 5.75. The van der Waals surface area contributed by atoms with Crippen molar-refractivity contribution in [3.63, 3.8) is 0 Å². The Kier molecular flexibility index (Phi) is 5.76. The van der Waals surface area contributed by atoms with Gasteiger partial charge in [0.25, 0.3) is 0 Å². The van der Waals surface area contributed by atoms with Crippen LogP contribution in [-0.4, -0.2) is 53.2 Å². The van der Waals surface area contributed by atoms with E-state index in [9.17, 15) is 14.7 Å². The number of ether oxygens (including phenoxy) is 2. The van der Waals surface area contributed by atoms with Crippen LogP contribution >= 0.6 is 0 Å². The van der Waals surface area contributed by atoms with Crippen molar-refractivity contribution in [2.45, 2.75) is 51.4 Å². The number of hydrogen-bond donors (Lipinski definition) is 3. The Labute approximate surface area is 118 Å². The molecule has 0 aromatic rings. The van der Waals surface area contributed by atoms with E-state index in [2.05, 4.69) is 5.32 Å². The van der Waals surface area contributed by atoms with Crippen molar-refractivity contribution in [3.8, 4) is 0 Å². The summed E-state index contributed by atoms with van der Waals surface area (Å²) in [4.78, 5) is 22.4. The molecule has 20 heavy (non-hydrogen) atoms. The van der Waals surface area contributed by atoms with Gasteiger partial charge in [0.15, 0.2) is 6.10 Å². The summed E-state index contributed by atoms with van der Waals surface area (Å²) in [6, 6.07) is -1.04. The molecule has 1 aliphatic carbocycles. The lowest BCUT2D eigenvalue weighted by Gasteiger charge is -2.25. The predicted octanol–water partition coefficient (Wildman–Crippen LogP) is 0.752. The van der Waals surface area contributed by atoms with Crippen LogP contribution in [0.1, 0.15) is 33.6 Å². The van der Waals surface area contributed by atoms with Gasteiger partial charge in [0.2, 0.25) is 0 Å². The second-order valence-corrected chi connectivity index (χ2v) is 6.02. The highest BCUT2D eigenvalue weighted by Crippen LogP contribution is 2.28. The first-order valence-electron chi connectivity index (χ1n) is 6.67. The molecule has 1 amide bonds. The second-order valence-electron chi connectivity index (χ2n) is 6.02. The van der Waals surface area contributed by atoms with Crippen molar-refractivity contribution in [2.75, 3.05) is 13.2 Å². The summed E-state index contributed by atoms with van der Waals surface area (Å²) in [6.07, 6.45) is -0.309. The maximum absolute atomic E-state index is 11.6. The molecule has 7 nitrogen and oxygen atoms in total. The SMILES string of the molecule is CC(C)(C)OC(=O)N[C@@H](COCC1CC1)C(O)C(=O)O. The molecular weight excluding hydrogens is 266 g/mol. The number of rotatable bonds is 7. The van der Waals surface area contributed by atoms with E-state index in [-0.39, 0.29) is 6.61 Å². The average Bonchev–Trinajstić information content (AvgIpc) is 3.08. The fourth-order valence-electron chi connectivity index (χ4n) is 1.49. The molecule has 1 unspecified atom stereocenters. The number of alkyl carbamates (subject to hydrolysis) is 1. The number of amides is 1. The third kappa shape index (κ3) is 6.72. The van der Waals surface area contributed by atoms with Gasteiger partial charge in [0.05, 0.1) is 12.6 Å². The molecule has 1 fully saturated rings. The third-order valence-corrected chi connectivity index (χ3v) is 2.68. The molecule has 1 rings (SSSR count). The first-order valence-corrected chi connectivity index (χ1v) is 6.67. The quantitative estimate of drug-likeness (QED) is 0.639. The van der Waals surface area contributed by atoms with E-state index >= 15 is 0 Å². The van der Waals surface area contributed by atoms with Gasteiger partial charge in [0, 0.05) is 6.61 Å². The Morgan fingerprint density at radius 2 is 1.95 bits per heavy atom. The molecule has 0 aromatic carbocycles. The Morgan fingerprint density at radius 3 is 2.40 bits per heavy atom. The largest absolute Gasteiger partial charge is 0.479 e. The molecule has 0 spiro atoms. The van der Waals surface area contributed by atoms with Crippen molar-refractivity contribution in [1.82, 2.24) is 5.32 Å². The number of carboxylic acids is 1. The zero-order valence-electron chi connectivity index (χ0n) is 12.1. The molecule has 0 heterocycles. The smallest absolute Gasteiger partial charge is 0.408 e. The van der Waals surface area contributed by atoms with Crippen molar-refractivity contribution in [2.24, 2.45) is 5.92 Å². The zero-order valence-corrected chi connectivity index (χ0v) is 12.1.